The molecule has 2 aromatic rings. The van der Waals surface area contributed by atoms with Crippen LogP contribution in [0.15, 0.2) is 30.3 Å². The predicted molar refractivity (Wildman–Crippen MR) is 88.9 cm³/mol. The van der Waals surface area contributed by atoms with Crippen molar-refractivity contribution in [3.8, 4) is 5.69 Å². The van der Waals surface area contributed by atoms with E-state index in [0.717, 1.165) is 35.6 Å². The molecule has 6 nitrogen and oxygen atoms in total. The molecular weight excluding hydrogens is 292 g/mol. The van der Waals surface area contributed by atoms with E-state index in [0.29, 0.717) is 6.54 Å². The number of urea groups is 1. The Morgan fingerprint density at radius 3 is 2.91 bits per heavy atom. The third-order valence-electron chi connectivity index (χ3n) is 4.20. The average molecular weight is 314 g/mol. The number of benzene rings is 1. The monoisotopic (exact) mass is 314 g/mol. The van der Waals surface area contributed by atoms with E-state index in [2.05, 4.69) is 10.4 Å². The second kappa shape index (κ2) is 6.42. The van der Waals surface area contributed by atoms with Crippen molar-refractivity contribution in [2.75, 3.05) is 18.5 Å². The summed E-state index contributed by atoms with van der Waals surface area (Å²) in [4.78, 5) is 14.1. The zero-order valence-corrected chi connectivity index (χ0v) is 13.5. The van der Waals surface area contributed by atoms with Crippen molar-refractivity contribution in [3.05, 3.63) is 41.7 Å². The summed E-state index contributed by atoms with van der Waals surface area (Å²) in [6, 6.07) is 9.40. The molecule has 2 N–H and O–H groups in total. The minimum Gasteiger partial charge on any atom is -0.394 e. The lowest BCUT2D eigenvalue weighted by atomic mass is 10.2. The predicted octanol–water partition coefficient (Wildman–Crippen LogP) is 2.48. The minimum absolute atomic E-state index is 0.0131. The molecule has 1 aliphatic rings. The molecular formula is C17H22N4O2. The van der Waals surface area contributed by atoms with Gasteiger partial charge in [-0.15, -0.1) is 0 Å². The zero-order valence-electron chi connectivity index (χ0n) is 13.5. The lowest BCUT2D eigenvalue weighted by Gasteiger charge is -2.23. The van der Waals surface area contributed by atoms with Gasteiger partial charge >= 0.3 is 6.03 Å². The fourth-order valence-corrected chi connectivity index (χ4v) is 3.09. The van der Waals surface area contributed by atoms with Crippen LogP contribution in [0, 0.1) is 13.8 Å². The summed E-state index contributed by atoms with van der Waals surface area (Å²) in [7, 11) is 0. The molecule has 6 heteroatoms. The van der Waals surface area contributed by atoms with Gasteiger partial charge in [0.2, 0.25) is 0 Å². The number of nitrogens with zero attached hydrogens (tertiary/aromatic N) is 3. The Morgan fingerprint density at radius 1 is 1.39 bits per heavy atom. The Kier molecular flexibility index (Phi) is 4.34. The van der Waals surface area contributed by atoms with Crippen LogP contribution >= 0.6 is 0 Å². The molecule has 23 heavy (non-hydrogen) atoms. The number of anilines is 1. The van der Waals surface area contributed by atoms with Gasteiger partial charge in [-0.3, -0.25) is 0 Å². The van der Waals surface area contributed by atoms with Crippen LogP contribution in [0.4, 0.5) is 10.5 Å². The van der Waals surface area contributed by atoms with Gasteiger partial charge in [-0.05, 0) is 51.0 Å². The van der Waals surface area contributed by atoms with E-state index in [9.17, 15) is 9.90 Å². The Labute approximate surface area is 135 Å². The molecule has 3 rings (SSSR count). The van der Waals surface area contributed by atoms with Crippen molar-refractivity contribution in [1.29, 1.82) is 0 Å². The number of carbonyl (C=O) groups is 1. The number of aliphatic hydroxyl groups is 1. The van der Waals surface area contributed by atoms with E-state index < -0.39 is 0 Å². The van der Waals surface area contributed by atoms with Crippen LogP contribution in [-0.2, 0) is 0 Å². The Balaban J connectivity index is 1.78. The largest absolute Gasteiger partial charge is 0.394 e. The van der Waals surface area contributed by atoms with E-state index in [1.807, 2.05) is 48.9 Å². The normalized spacial score (nSPS) is 17.5. The highest BCUT2D eigenvalue weighted by molar-refractivity contribution is 5.90. The molecule has 0 saturated carbocycles. The van der Waals surface area contributed by atoms with E-state index in [-0.39, 0.29) is 18.7 Å². The molecule has 122 valence electrons. The topological polar surface area (TPSA) is 70.4 Å². The quantitative estimate of drug-likeness (QED) is 0.914. The van der Waals surface area contributed by atoms with Gasteiger partial charge in [-0.1, -0.05) is 6.07 Å². The number of aromatic nitrogens is 2. The number of amides is 2. The standard InChI is InChI=1S/C17H22N4O2/c1-12-9-13(2)21(19-12)15-6-3-5-14(10-15)18-17(23)20-8-4-7-16(20)11-22/h3,5-6,9-10,16,22H,4,7-8,11H2,1-2H3,(H,18,23)/t16-/m1/s1. The fourth-order valence-electron chi connectivity index (χ4n) is 3.09. The van der Waals surface area contributed by atoms with Crippen LogP contribution in [-0.4, -0.2) is 45.0 Å². The summed E-state index contributed by atoms with van der Waals surface area (Å²) in [5, 5.41) is 16.7. The first-order valence-electron chi connectivity index (χ1n) is 7.90. The number of hydrogen-bond donors (Lipinski definition) is 2. The second-order valence-electron chi connectivity index (χ2n) is 5.99. The van der Waals surface area contributed by atoms with Crippen LogP contribution in [0.25, 0.3) is 5.69 Å². The van der Waals surface area contributed by atoms with Gasteiger partial charge in [-0.25, -0.2) is 9.48 Å². The molecule has 1 saturated heterocycles. The van der Waals surface area contributed by atoms with Gasteiger partial charge in [0.1, 0.15) is 0 Å². The van der Waals surface area contributed by atoms with Gasteiger partial charge in [-0.2, -0.15) is 5.10 Å². The van der Waals surface area contributed by atoms with Crippen molar-refractivity contribution in [3.63, 3.8) is 0 Å². The molecule has 1 aromatic carbocycles. The van der Waals surface area contributed by atoms with Gasteiger partial charge in [0.05, 0.1) is 24.0 Å². The van der Waals surface area contributed by atoms with Crippen LogP contribution in [0.2, 0.25) is 0 Å². The number of nitrogens with one attached hydrogen (secondary N) is 1. The SMILES string of the molecule is Cc1cc(C)n(-c2cccc(NC(=O)N3CCC[C@@H]3CO)c2)n1. The smallest absolute Gasteiger partial charge is 0.322 e. The zero-order chi connectivity index (χ0) is 16.4. The number of hydrogen-bond acceptors (Lipinski definition) is 3. The first-order valence-corrected chi connectivity index (χ1v) is 7.90. The summed E-state index contributed by atoms with van der Waals surface area (Å²) in [5.74, 6) is 0. The van der Waals surface area contributed by atoms with Gasteiger partial charge in [0, 0.05) is 17.9 Å². The summed E-state index contributed by atoms with van der Waals surface area (Å²) in [6.07, 6.45) is 1.79. The summed E-state index contributed by atoms with van der Waals surface area (Å²) in [5.41, 5.74) is 3.64. The van der Waals surface area contributed by atoms with Gasteiger partial charge in [0.25, 0.3) is 0 Å². The van der Waals surface area contributed by atoms with Crippen molar-refractivity contribution in [2.45, 2.75) is 32.7 Å². The Bertz CT molecular complexity index is 710. The van der Waals surface area contributed by atoms with Gasteiger partial charge in [0.15, 0.2) is 0 Å². The lowest BCUT2D eigenvalue weighted by molar-refractivity contribution is 0.166. The van der Waals surface area contributed by atoms with Crippen molar-refractivity contribution >= 4 is 11.7 Å². The Hall–Kier alpha value is -2.34. The fraction of sp³-hybridized carbons (Fsp3) is 0.412. The molecule has 0 aliphatic carbocycles. The molecule has 0 unspecified atom stereocenters. The van der Waals surface area contributed by atoms with Crippen LogP contribution < -0.4 is 5.32 Å². The van der Waals surface area contributed by atoms with Crippen molar-refractivity contribution < 1.29 is 9.90 Å². The van der Waals surface area contributed by atoms with Crippen molar-refractivity contribution in [1.82, 2.24) is 14.7 Å². The maximum atomic E-state index is 12.4. The van der Waals surface area contributed by atoms with Crippen LogP contribution in [0.5, 0.6) is 0 Å². The summed E-state index contributed by atoms with van der Waals surface area (Å²) >= 11 is 0. The number of likely N-dealkylation sites (tertiary alicyclic amines) is 1. The maximum absolute atomic E-state index is 12.4. The highest BCUT2D eigenvalue weighted by Gasteiger charge is 2.28. The third-order valence-corrected chi connectivity index (χ3v) is 4.20. The molecule has 0 radical (unpaired) electrons. The Morgan fingerprint density at radius 2 is 2.22 bits per heavy atom. The highest BCUT2D eigenvalue weighted by Crippen LogP contribution is 2.20. The number of aryl methyl sites for hydroxylation is 2. The highest BCUT2D eigenvalue weighted by atomic mass is 16.3. The first-order chi connectivity index (χ1) is 11.1. The number of rotatable bonds is 3. The van der Waals surface area contributed by atoms with E-state index in [1.165, 1.54) is 0 Å². The molecule has 0 spiro atoms. The number of aliphatic hydroxyl groups excluding tert-OH is 1. The first kappa shape index (κ1) is 15.6. The van der Waals surface area contributed by atoms with Crippen molar-refractivity contribution in [2.24, 2.45) is 0 Å². The molecule has 2 amide bonds. The summed E-state index contributed by atoms with van der Waals surface area (Å²) < 4.78 is 1.86. The van der Waals surface area contributed by atoms with Crippen LogP contribution in [0.3, 0.4) is 0 Å². The van der Waals surface area contributed by atoms with E-state index >= 15 is 0 Å². The minimum atomic E-state index is -0.160. The molecule has 1 atom stereocenters. The number of carbonyl (C=O) groups excluding carboxylic acids is 1. The molecule has 0 bridgehead atoms. The molecule has 1 aliphatic heterocycles. The second-order valence-corrected chi connectivity index (χ2v) is 5.99. The van der Waals surface area contributed by atoms with E-state index in [4.69, 9.17) is 0 Å². The average Bonchev–Trinajstić information content (AvgIpc) is 3.13. The molecule has 2 heterocycles. The third kappa shape index (κ3) is 3.22. The van der Waals surface area contributed by atoms with Crippen LogP contribution in [0.1, 0.15) is 24.2 Å². The van der Waals surface area contributed by atoms with E-state index in [1.54, 1.807) is 4.90 Å². The molecule has 1 aromatic heterocycles. The van der Waals surface area contributed by atoms with Gasteiger partial charge < -0.3 is 15.3 Å². The maximum Gasteiger partial charge on any atom is 0.322 e. The summed E-state index contributed by atoms with van der Waals surface area (Å²) in [6.45, 7) is 4.66. The molecule has 1 fully saturated rings. The lowest BCUT2D eigenvalue weighted by Crippen LogP contribution is -2.40.